The zero-order valence-corrected chi connectivity index (χ0v) is 13.2. The third-order valence-corrected chi connectivity index (χ3v) is 5.24. The Morgan fingerprint density at radius 2 is 2.00 bits per heavy atom. The Morgan fingerprint density at radius 3 is 2.61 bits per heavy atom. The summed E-state index contributed by atoms with van der Waals surface area (Å²) in [5, 5.41) is 3.70. The molecule has 2 rings (SSSR count). The molecule has 8 heteroatoms. The summed E-state index contributed by atoms with van der Waals surface area (Å²) in [5.74, 6) is 0. The van der Waals surface area contributed by atoms with Crippen LogP contribution in [0.5, 0.6) is 0 Å². The molecule has 2 N–H and O–H groups in total. The average molecular weight is 402 g/mol. The van der Waals surface area contributed by atoms with Crippen LogP contribution in [0.2, 0.25) is 5.02 Å². The van der Waals surface area contributed by atoms with Crippen molar-refractivity contribution in [2.75, 3.05) is 30.9 Å². The number of nitrogens with one attached hydrogen (secondary N) is 2. The summed E-state index contributed by atoms with van der Waals surface area (Å²) in [4.78, 5) is 0. The maximum Gasteiger partial charge on any atom is 0.301 e. The van der Waals surface area contributed by atoms with Crippen molar-refractivity contribution in [2.24, 2.45) is 0 Å². The molecular weight excluding hydrogens is 389 g/mol. The average Bonchev–Trinajstić information content (AvgIpc) is 2.34. The summed E-state index contributed by atoms with van der Waals surface area (Å²) in [7, 11) is -3.48. The summed E-state index contributed by atoms with van der Waals surface area (Å²) in [6, 6.07) is 5.06. The Labute approximate surface area is 125 Å². The van der Waals surface area contributed by atoms with E-state index in [1.165, 1.54) is 4.31 Å². The fourth-order valence-electron chi connectivity index (χ4n) is 1.66. The van der Waals surface area contributed by atoms with E-state index in [0.29, 0.717) is 36.9 Å². The van der Waals surface area contributed by atoms with Crippen LogP contribution in [0.25, 0.3) is 0 Å². The lowest BCUT2D eigenvalue weighted by atomic mass is 10.3. The molecule has 18 heavy (non-hydrogen) atoms. The van der Waals surface area contributed by atoms with Crippen molar-refractivity contribution in [3.05, 3.63) is 26.8 Å². The minimum atomic E-state index is -3.48. The molecule has 0 atom stereocenters. The van der Waals surface area contributed by atoms with Gasteiger partial charge in [-0.1, -0.05) is 11.6 Å². The van der Waals surface area contributed by atoms with Crippen molar-refractivity contribution in [3.63, 3.8) is 0 Å². The molecule has 0 radical (unpaired) electrons. The van der Waals surface area contributed by atoms with Gasteiger partial charge in [0, 0.05) is 34.8 Å². The Morgan fingerprint density at radius 1 is 1.33 bits per heavy atom. The van der Waals surface area contributed by atoms with E-state index in [4.69, 9.17) is 11.6 Å². The van der Waals surface area contributed by atoms with E-state index < -0.39 is 10.2 Å². The van der Waals surface area contributed by atoms with Crippen LogP contribution in [0, 0.1) is 3.57 Å². The predicted octanol–water partition coefficient (Wildman–Crippen LogP) is 1.51. The molecule has 0 saturated carbocycles. The fourth-order valence-corrected chi connectivity index (χ4v) is 4.10. The molecule has 0 bridgehead atoms. The van der Waals surface area contributed by atoms with Gasteiger partial charge in [-0.3, -0.25) is 4.72 Å². The molecule has 1 aromatic carbocycles. The number of hydrogen-bond donors (Lipinski definition) is 2. The SMILES string of the molecule is O=S(=O)(Nc1ccc(Cl)cc1I)N1CCNCC1. The topological polar surface area (TPSA) is 61.4 Å². The maximum atomic E-state index is 12.1. The molecular formula is C10H13ClIN3O2S. The number of benzene rings is 1. The quantitative estimate of drug-likeness (QED) is 0.755. The zero-order chi connectivity index (χ0) is 13.2. The summed E-state index contributed by atoms with van der Waals surface area (Å²) < 4.78 is 29.1. The summed E-state index contributed by atoms with van der Waals surface area (Å²) in [5.41, 5.74) is 0.554. The minimum absolute atomic E-state index is 0.486. The number of piperazine rings is 1. The van der Waals surface area contributed by atoms with Gasteiger partial charge < -0.3 is 5.32 Å². The van der Waals surface area contributed by atoms with Gasteiger partial charge in [-0.25, -0.2) is 0 Å². The molecule has 0 aromatic heterocycles. The molecule has 0 aliphatic carbocycles. The van der Waals surface area contributed by atoms with Crippen molar-refractivity contribution < 1.29 is 8.42 Å². The van der Waals surface area contributed by atoms with E-state index in [9.17, 15) is 8.42 Å². The number of rotatable bonds is 3. The highest BCUT2D eigenvalue weighted by Gasteiger charge is 2.24. The van der Waals surface area contributed by atoms with Gasteiger partial charge >= 0.3 is 10.2 Å². The van der Waals surface area contributed by atoms with E-state index in [0.717, 1.165) is 3.57 Å². The lowest BCUT2D eigenvalue weighted by Crippen LogP contribution is -2.48. The van der Waals surface area contributed by atoms with E-state index in [1.54, 1.807) is 18.2 Å². The smallest absolute Gasteiger partial charge is 0.301 e. The lowest BCUT2D eigenvalue weighted by Gasteiger charge is -2.27. The highest BCUT2D eigenvalue weighted by atomic mass is 127. The third kappa shape index (κ3) is 3.47. The Kier molecular flexibility index (Phi) is 4.70. The van der Waals surface area contributed by atoms with Crippen LogP contribution in [-0.4, -0.2) is 38.9 Å². The molecule has 100 valence electrons. The summed E-state index contributed by atoms with van der Waals surface area (Å²) in [6.45, 7) is 2.33. The van der Waals surface area contributed by atoms with Crippen LogP contribution in [0.15, 0.2) is 18.2 Å². The van der Waals surface area contributed by atoms with Crippen LogP contribution in [-0.2, 0) is 10.2 Å². The molecule has 0 unspecified atom stereocenters. The molecule has 1 aliphatic heterocycles. The number of hydrogen-bond acceptors (Lipinski definition) is 3. The van der Waals surface area contributed by atoms with Gasteiger partial charge in [-0.2, -0.15) is 12.7 Å². The molecule has 1 saturated heterocycles. The maximum absolute atomic E-state index is 12.1. The van der Waals surface area contributed by atoms with Crippen molar-refractivity contribution in [2.45, 2.75) is 0 Å². The van der Waals surface area contributed by atoms with E-state index in [2.05, 4.69) is 32.6 Å². The molecule has 1 heterocycles. The van der Waals surface area contributed by atoms with Gasteiger partial charge in [0.25, 0.3) is 0 Å². The number of halogens is 2. The van der Waals surface area contributed by atoms with Gasteiger partial charge in [-0.15, -0.1) is 0 Å². The van der Waals surface area contributed by atoms with Gasteiger partial charge in [0.1, 0.15) is 0 Å². The molecule has 1 aromatic rings. The van der Waals surface area contributed by atoms with Gasteiger partial charge in [-0.05, 0) is 40.8 Å². The summed E-state index contributed by atoms with van der Waals surface area (Å²) >= 11 is 7.89. The lowest BCUT2D eigenvalue weighted by molar-refractivity contribution is 0.362. The Bertz CT molecular complexity index is 532. The second-order valence-corrected chi connectivity index (χ2v) is 7.15. The van der Waals surface area contributed by atoms with Crippen LogP contribution >= 0.6 is 34.2 Å². The minimum Gasteiger partial charge on any atom is -0.314 e. The third-order valence-electron chi connectivity index (χ3n) is 2.59. The van der Waals surface area contributed by atoms with Crippen molar-refractivity contribution in [1.29, 1.82) is 0 Å². The van der Waals surface area contributed by atoms with E-state index >= 15 is 0 Å². The van der Waals surface area contributed by atoms with Gasteiger partial charge in [0.2, 0.25) is 0 Å². The van der Waals surface area contributed by atoms with Crippen molar-refractivity contribution in [3.8, 4) is 0 Å². The van der Waals surface area contributed by atoms with Gasteiger partial charge in [0.15, 0.2) is 0 Å². The van der Waals surface area contributed by atoms with E-state index in [-0.39, 0.29) is 0 Å². The van der Waals surface area contributed by atoms with E-state index in [1.807, 2.05) is 0 Å². The first-order valence-corrected chi connectivity index (χ1v) is 8.32. The Hall–Kier alpha value is -0.0900. The molecule has 5 nitrogen and oxygen atoms in total. The second-order valence-electron chi connectivity index (χ2n) is 3.88. The highest BCUT2D eigenvalue weighted by molar-refractivity contribution is 14.1. The normalized spacial score (nSPS) is 17.7. The van der Waals surface area contributed by atoms with Crippen LogP contribution in [0.4, 0.5) is 5.69 Å². The monoisotopic (exact) mass is 401 g/mol. The van der Waals surface area contributed by atoms with Gasteiger partial charge in [0.05, 0.1) is 5.69 Å². The first-order chi connectivity index (χ1) is 8.49. The predicted molar refractivity (Wildman–Crippen MR) is 81.2 cm³/mol. The van der Waals surface area contributed by atoms with Crippen molar-refractivity contribution >= 4 is 50.1 Å². The molecule has 1 fully saturated rings. The standard InChI is InChI=1S/C10H13ClIN3O2S/c11-8-1-2-10(9(12)7-8)14-18(16,17)15-5-3-13-4-6-15/h1-2,7,13-14H,3-6H2. The van der Waals surface area contributed by atoms with Crippen LogP contribution in [0.3, 0.4) is 0 Å². The van der Waals surface area contributed by atoms with Crippen LogP contribution in [0.1, 0.15) is 0 Å². The largest absolute Gasteiger partial charge is 0.314 e. The number of nitrogens with zero attached hydrogens (tertiary/aromatic N) is 1. The zero-order valence-electron chi connectivity index (χ0n) is 9.49. The van der Waals surface area contributed by atoms with Crippen molar-refractivity contribution in [1.82, 2.24) is 9.62 Å². The number of anilines is 1. The molecule has 0 spiro atoms. The molecule has 1 aliphatic rings. The fraction of sp³-hybridized carbons (Fsp3) is 0.400. The second kappa shape index (κ2) is 5.91. The first kappa shape index (κ1) is 14.3. The Balaban J connectivity index is 2.16. The van der Waals surface area contributed by atoms with Crippen LogP contribution < -0.4 is 10.0 Å². The highest BCUT2D eigenvalue weighted by Crippen LogP contribution is 2.23. The molecule has 0 amide bonds. The summed E-state index contributed by atoms with van der Waals surface area (Å²) in [6.07, 6.45) is 0. The first-order valence-electron chi connectivity index (χ1n) is 5.43.